The molecule has 0 radical (unpaired) electrons. The summed E-state index contributed by atoms with van der Waals surface area (Å²) in [6, 6.07) is 10.0. The highest BCUT2D eigenvalue weighted by molar-refractivity contribution is 6.01. The van der Waals surface area contributed by atoms with Gasteiger partial charge in [-0.2, -0.15) is 5.26 Å². The van der Waals surface area contributed by atoms with Gasteiger partial charge in [0.25, 0.3) is 5.91 Å². The summed E-state index contributed by atoms with van der Waals surface area (Å²) in [6.07, 6.45) is 5.66. The van der Waals surface area contributed by atoms with Crippen LogP contribution in [0.1, 0.15) is 42.6 Å². The van der Waals surface area contributed by atoms with E-state index in [0.717, 1.165) is 35.3 Å². The van der Waals surface area contributed by atoms with Crippen molar-refractivity contribution in [3.63, 3.8) is 0 Å². The zero-order valence-corrected chi connectivity index (χ0v) is 17.5. The minimum Gasteiger partial charge on any atom is -0.496 e. The van der Waals surface area contributed by atoms with Crippen molar-refractivity contribution in [3.05, 3.63) is 47.8 Å². The number of methoxy groups -OCH3 is 2. The smallest absolute Gasteiger partial charge is 0.259 e. The molecule has 0 saturated heterocycles. The number of nitriles is 1. The van der Waals surface area contributed by atoms with Gasteiger partial charge >= 0.3 is 0 Å². The second-order valence-corrected chi connectivity index (χ2v) is 8.03. The van der Waals surface area contributed by atoms with Gasteiger partial charge in [-0.25, -0.2) is 4.98 Å². The Hall–Kier alpha value is -3.53. The molecule has 2 aromatic heterocycles. The van der Waals surface area contributed by atoms with Crippen LogP contribution in [0.25, 0.3) is 16.9 Å². The van der Waals surface area contributed by atoms with Gasteiger partial charge in [0.15, 0.2) is 0 Å². The highest BCUT2D eigenvalue weighted by atomic mass is 16.5. The van der Waals surface area contributed by atoms with E-state index in [1.165, 1.54) is 14.2 Å². The van der Waals surface area contributed by atoms with Gasteiger partial charge in [-0.3, -0.25) is 9.20 Å². The quantitative estimate of drug-likeness (QED) is 0.677. The molecule has 7 heteroatoms. The first kappa shape index (κ1) is 19.8. The highest BCUT2D eigenvalue weighted by Gasteiger charge is 2.28. The van der Waals surface area contributed by atoms with Crippen LogP contribution in [0.5, 0.6) is 11.5 Å². The molecule has 1 aliphatic rings. The fraction of sp³-hybridized carbons (Fsp3) is 0.348. The third kappa shape index (κ3) is 3.45. The van der Waals surface area contributed by atoms with E-state index in [2.05, 4.69) is 16.4 Å². The van der Waals surface area contributed by atoms with Crippen molar-refractivity contribution in [3.8, 4) is 28.8 Å². The first-order valence-electron chi connectivity index (χ1n) is 9.84. The normalized spacial score (nSPS) is 13.7. The van der Waals surface area contributed by atoms with E-state index in [1.807, 2.05) is 48.7 Å². The molecule has 2 heterocycles. The number of ether oxygens (including phenoxy) is 2. The highest BCUT2D eigenvalue weighted by Crippen LogP contribution is 2.36. The Kier molecular flexibility index (Phi) is 4.86. The summed E-state index contributed by atoms with van der Waals surface area (Å²) < 4.78 is 13.0. The number of aromatic nitrogens is 2. The van der Waals surface area contributed by atoms with Crippen LogP contribution >= 0.6 is 0 Å². The number of benzene rings is 1. The van der Waals surface area contributed by atoms with E-state index in [9.17, 15) is 10.1 Å². The van der Waals surface area contributed by atoms with E-state index in [4.69, 9.17) is 9.47 Å². The van der Waals surface area contributed by atoms with Crippen LogP contribution in [0.15, 0.2) is 36.7 Å². The molecular formula is C23H24N4O3. The van der Waals surface area contributed by atoms with Crippen LogP contribution in [0.4, 0.5) is 0 Å². The second kappa shape index (κ2) is 7.38. The van der Waals surface area contributed by atoms with Crippen molar-refractivity contribution in [2.24, 2.45) is 0 Å². The molecule has 1 amide bonds. The molecule has 0 bridgehead atoms. The Bertz CT molecular complexity index is 1140. The van der Waals surface area contributed by atoms with Crippen LogP contribution in [0.3, 0.4) is 0 Å². The Morgan fingerprint density at radius 2 is 1.90 bits per heavy atom. The molecule has 1 saturated carbocycles. The number of rotatable bonds is 6. The summed E-state index contributed by atoms with van der Waals surface area (Å²) in [6.45, 7) is 3.76. The lowest BCUT2D eigenvalue weighted by atomic mass is 9.87. The average molecular weight is 404 g/mol. The molecule has 0 aliphatic heterocycles. The zero-order valence-electron chi connectivity index (χ0n) is 17.5. The van der Waals surface area contributed by atoms with Crippen LogP contribution < -0.4 is 14.8 Å². The molecule has 1 fully saturated rings. The van der Waals surface area contributed by atoms with Crippen molar-refractivity contribution < 1.29 is 14.3 Å². The van der Waals surface area contributed by atoms with Crippen LogP contribution in [-0.2, 0) is 5.41 Å². The standard InChI is InChI=1S/C23H24N4O3/c1-23(2,13-24)15-7-8-27-17(12-25-20(27)11-15)14-9-18(29-3)21(19(10-14)30-4)22(28)26-16-5-6-16/h7-12,16H,5-6H2,1-4H3,(H,26,28). The van der Waals surface area contributed by atoms with Crippen LogP contribution in [0.2, 0.25) is 0 Å². The predicted molar refractivity (Wildman–Crippen MR) is 113 cm³/mol. The minimum absolute atomic E-state index is 0.195. The minimum atomic E-state index is -0.600. The predicted octanol–water partition coefficient (Wildman–Crippen LogP) is 3.71. The molecule has 0 atom stereocenters. The molecular weight excluding hydrogens is 380 g/mol. The molecule has 1 aromatic carbocycles. The van der Waals surface area contributed by atoms with Gasteiger partial charge in [-0.1, -0.05) is 0 Å². The van der Waals surface area contributed by atoms with Gasteiger partial charge in [-0.05, 0) is 56.5 Å². The first-order valence-corrected chi connectivity index (χ1v) is 9.84. The van der Waals surface area contributed by atoms with E-state index in [-0.39, 0.29) is 11.9 Å². The third-order valence-corrected chi connectivity index (χ3v) is 5.46. The zero-order chi connectivity index (χ0) is 21.5. The van der Waals surface area contributed by atoms with Crippen molar-refractivity contribution in [1.29, 1.82) is 5.26 Å². The number of pyridine rings is 1. The lowest BCUT2D eigenvalue weighted by Crippen LogP contribution is -2.26. The molecule has 0 unspecified atom stereocenters. The summed E-state index contributed by atoms with van der Waals surface area (Å²) in [7, 11) is 3.08. The Labute approximate surface area is 175 Å². The SMILES string of the molecule is COc1cc(-c2cnc3cc(C(C)(C)C#N)ccn23)cc(OC)c1C(=O)NC1CC1. The summed E-state index contributed by atoms with van der Waals surface area (Å²) in [5, 5.41) is 12.4. The molecule has 4 rings (SSSR count). The van der Waals surface area contributed by atoms with Gasteiger partial charge in [-0.15, -0.1) is 0 Å². The van der Waals surface area contributed by atoms with E-state index < -0.39 is 5.41 Å². The van der Waals surface area contributed by atoms with Crippen LogP contribution in [0, 0.1) is 11.3 Å². The van der Waals surface area contributed by atoms with E-state index >= 15 is 0 Å². The molecule has 1 aliphatic carbocycles. The number of hydrogen-bond acceptors (Lipinski definition) is 5. The average Bonchev–Trinajstić information content (AvgIpc) is 3.47. The number of fused-ring (bicyclic) bond motifs is 1. The molecule has 7 nitrogen and oxygen atoms in total. The number of hydrogen-bond donors (Lipinski definition) is 1. The first-order chi connectivity index (χ1) is 14.4. The summed E-state index contributed by atoms with van der Waals surface area (Å²) in [5.74, 6) is 0.693. The monoisotopic (exact) mass is 404 g/mol. The molecule has 0 spiro atoms. The summed E-state index contributed by atoms with van der Waals surface area (Å²) >= 11 is 0. The Morgan fingerprint density at radius 3 is 2.47 bits per heavy atom. The van der Waals surface area contributed by atoms with Crippen LogP contribution in [-0.4, -0.2) is 35.6 Å². The van der Waals surface area contributed by atoms with Gasteiger partial charge in [0, 0.05) is 17.8 Å². The van der Waals surface area contributed by atoms with Crippen molar-refractivity contribution >= 4 is 11.6 Å². The summed E-state index contributed by atoms with van der Waals surface area (Å²) in [4.78, 5) is 17.2. The molecule has 30 heavy (non-hydrogen) atoms. The Morgan fingerprint density at radius 1 is 1.23 bits per heavy atom. The number of amides is 1. The Balaban J connectivity index is 1.79. The maximum absolute atomic E-state index is 12.7. The number of carbonyl (C=O) groups is 1. The fourth-order valence-electron chi connectivity index (χ4n) is 3.42. The molecule has 1 N–H and O–H groups in total. The van der Waals surface area contributed by atoms with Gasteiger partial charge in [0.2, 0.25) is 0 Å². The summed E-state index contributed by atoms with van der Waals surface area (Å²) in [5.41, 5.74) is 3.07. The molecule has 3 aromatic rings. The maximum Gasteiger partial charge on any atom is 0.259 e. The van der Waals surface area contributed by atoms with Gasteiger partial charge < -0.3 is 14.8 Å². The number of nitrogens with one attached hydrogen (secondary N) is 1. The van der Waals surface area contributed by atoms with E-state index in [0.29, 0.717) is 17.1 Å². The largest absolute Gasteiger partial charge is 0.496 e. The number of nitrogens with zero attached hydrogens (tertiary/aromatic N) is 3. The topological polar surface area (TPSA) is 88.7 Å². The number of carbonyl (C=O) groups excluding carboxylic acids is 1. The fourth-order valence-corrected chi connectivity index (χ4v) is 3.42. The third-order valence-electron chi connectivity index (χ3n) is 5.46. The molecule has 154 valence electrons. The second-order valence-electron chi connectivity index (χ2n) is 8.03. The van der Waals surface area contributed by atoms with Gasteiger partial charge in [0.1, 0.15) is 22.7 Å². The van der Waals surface area contributed by atoms with Crippen molar-refractivity contribution in [2.45, 2.75) is 38.1 Å². The van der Waals surface area contributed by atoms with Crippen molar-refractivity contribution in [2.75, 3.05) is 14.2 Å². The van der Waals surface area contributed by atoms with Gasteiger partial charge in [0.05, 0.1) is 37.6 Å². The van der Waals surface area contributed by atoms with E-state index in [1.54, 1.807) is 6.20 Å². The lowest BCUT2D eigenvalue weighted by molar-refractivity contribution is 0.0945. The lowest BCUT2D eigenvalue weighted by Gasteiger charge is -2.16. The maximum atomic E-state index is 12.7. The van der Waals surface area contributed by atoms with Crippen molar-refractivity contribution in [1.82, 2.24) is 14.7 Å². The number of imidazole rings is 1.